The van der Waals surface area contributed by atoms with Crippen LogP contribution in [0.3, 0.4) is 0 Å². The van der Waals surface area contributed by atoms with Crippen LogP contribution in [-0.2, 0) is 45.3 Å². The van der Waals surface area contributed by atoms with Crippen molar-refractivity contribution in [3.05, 3.63) is 83.4 Å². The lowest BCUT2D eigenvalue weighted by molar-refractivity contribution is -0.0586. The van der Waals surface area contributed by atoms with Crippen molar-refractivity contribution in [2.24, 2.45) is 0 Å². The molecule has 0 fully saturated rings. The highest BCUT2D eigenvalue weighted by atomic mass is 32.3. The number of aldehydes is 2. The molecule has 57 heavy (non-hydrogen) atoms. The zero-order valence-corrected chi connectivity index (χ0v) is 31.3. The van der Waals surface area contributed by atoms with Crippen LogP contribution in [0.2, 0.25) is 0 Å². The van der Waals surface area contributed by atoms with E-state index in [0.717, 1.165) is 24.5 Å². The number of rotatable bonds is 17. The van der Waals surface area contributed by atoms with Gasteiger partial charge in [0, 0.05) is 6.42 Å². The number of hydrogen-bond acceptors (Lipinski definition) is 14. The molecule has 0 aliphatic carbocycles. The molecule has 0 unspecified atom stereocenters. The summed E-state index contributed by atoms with van der Waals surface area (Å²) in [6, 6.07) is 18.0. The van der Waals surface area contributed by atoms with Gasteiger partial charge >= 0.3 is 46.9 Å². The summed E-state index contributed by atoms with van der Waals surface area (Å²) in [5.41, 5.74) is -17.3. The zero-order chi connectivity index (χ0) is 43.7. The fraction of sp³-hybridized carbons (Fsp3) is 0.355. The standard InChI is InChI=1S/C18H17F3O6S.C11H14O3.C2F6O5S2/c19-18(20,21)28(23,24)27-17-15(12-22)8-4-9-16(17)26-11-5-10-25-13-14-6-2-1-3-7-14;1-2-3-7-14-10-6-4-5-9(8-12)11(10)13;3-1(4,5)14(9,10)13-15(11,12)2(6,7)8/h1-4,6-9,12H,5,10-11,13H2;4-6,8,13H,2-3,7H2,1H3;. The maximum Gasteiger partial charge on any atom is 0.534 e. The van der Waals surface area contributed by atoms with E-state index in [-0.39, 0.29) is 35.5 Å². The van der Waals surface area contributed by atoms with Gasteiger partial charge in [-0.05, 0) is 36.2 Å². The van der Waals surface area contributed by atoms with Crippen LogP contribution in [0.15, 0.2) is 66.7 Å². The molecule has 0 spiro atoms. The van der Waals surface area contributed by atoms with Gasteiger partial charge in [0.25, 0.3) is 0 Å². The second-order valence-corrected chi connectivity index (χ2v) is 15.2. The number of unbranched alkanes of at least 4 members (excludes halogenated alkanes) is 1. The molecule has 0 aliphatic rings. The summed E-state index contributed by atoms with van der Waals surface area (Å²) in [5.74, 6) is -0.790. The molecule has 0 heterocycles. The molecule has 0 saturated heterocycles. The maximum absolute atomic E-state index is 12.6. The summed E-state index contributed by atoms with van der Waals surface area (Å²) in [6.07, 6.45) is 3.14. The predicted molar refractivity (Wildman–Crippen MR) is 179 cm³/mol. The second kappa shape index (κ2) is 21.8. The van der Waals surface area contributed by atoms with Gasteiger partial charge in [0.1, 0.15) is 0 Å². The Morgan fingerprint density at radius 1 is 0.596 bits per heavy atom. The van der Waals surface area contributed by atoms with E-state index in [4.69, 9.17) is 14.2 Å². The molecule has 14 nitrogen and oxygen atoms in total. The summed E-state index contributed by atoms with van der Waals surface area (Å²) in [4.78, 5) is 21.5. The molecule has 320 valence electrons. The van der Waals surface area contributed by atoms with E-state index in [1.54, 1.807) is 18.2 Å². The van der Waals surface area contributed by atoms with Crippen molar-refractivity contribution in [3.63, 3.8) is 0 Å². The Kier molecular flexibility index (Phi) is 19.2. The summed E-state index contributed by atoms with van der Waals surface area (Å²) in [5, 5.41) is 9.53. The van der Waals surface area contributed by atoms with Crippen molar-refractivity contribution < 1.29 is 101 Å². The molecule has 0 amide bonds. The monoisotopic (exact) mass is 894 g/mol. The van der Waals surface area contributed by atoms with Crippen molar-refractivity contribution in [1.29, 1.82) is 0 Å². The number of phenols is 1. The first-order valence-corrected chi connectivity index (χ1v) is 19.5. The number of carbonyl (C=O) groups excluding carboxylic acids is 2. The first-order chi connectivity index (χ1) is 26.2. The first-order valence-electron chi connectivity index (χ1n) is 15.3. The van der Waals surface area contributed by atoms with Crippen molar-refractivity contribution in [1.82, 2.24) is 0 Å². The maximum atomic E-state index is 12.6. The van der Waals surface area contributed by atoms with Gasteiger partial charge in [-0.25, -0.2) is 0 Å². The van der Waals surface area contributed by atoms with Crippen LogP contribution in [0, 0.1) is 0 Å². The number of carbonyl (C=O) groups is 2. The van der Waals surface area contributed by atoms with Crippen LogP contribution in [-0.4, -0.2) is 79.3 Å². The number of benzene rings is 3. The number of phenolic OH excluding ortho intramolecular Hbond substituents is 1. The molecule has 3 aromatic rings. The Labute approximate surface area is 319 Å². The molecule has 1 N–H and O–H groups in total. The van der Waals surface area contributed by atoms with Gasteiger partial charge in [-0.15, -0.1) is 3.63 Å². The average Bonchev–Trinajstić information content (AvgIpc) is 3.10. The van der Waals surface area contributed by atoms with Crippen LogP contribution in [0.1, 0.15) is 52.5 Å². The normalized spacial score (nSPS) is 12.2. The Balaban J connectivity index is 0.000000473. The van der Waals surface area contributed by atoms with E-state index in [9.17, 15) is 79.5 Å². The van der Waals surface area contributed by atoms with E-state index < -0.39 is 52.6 Å². The number of hydrogen-bond donors (Lipinski definition) is 1. The van der Waals surface area contributed by atoms with Gasteiger partial charge in [-0.1, -0.05) is 55.8 Å². The van der Waals surface area contributed by atoms with Gasteiger partial charge in [0.2, 0.25) is 0 Å². The third-order valence-corrected chi connectivity index (χ3v) is 9.59. The van der Waals surface area contributed by atoms with E-state index in [1.807, 2.05) is 34.0 Å². The quantitative estimate of drug-likeness (QED) is 0.0487. The molecule has 3 aromatic carbocycles. The van der Waals surface area contributed by atoms with Crippen molar-refractivity contribution in [2.45, 2.75) is 49.3 Å². The van der Waals surface area contributed by atoms with Crippen LogP contribution < -0.4 is 13.7 Å². The van der Waals surface area contributed by atoms with Crippen LogP contribution in [0.4, 0.5) is 39.5 Å². The lowest BCUT2D eigenvalue weighted by Crippen LogP contribution is -2.34. The van der Waals surface area contributed by atoms with Crippen LogP contribution >= 0.6 is 0 Å². The molecule has 0 radical (unpaired) electrons. The Morgan fingerprint density at radius 3 is 1.56 bits per heavy atom. The number of para-hydroxylation sites is 2. The van der Waals surface area contributed by atoms with Crippen molar-refractivity contribution in [2.75, 3.05) is 19.8 Å². The highest BCUT2D eigenvalue weighted by Crippen LogP contribution is 2.36. The van der Waals surface area contributed by atoms with Crippen molar-refractivity contribution in [3.8, 4) is 23.0 Å². The van der Waals surface area contributed by atoms with Crippen molar-refractivity contribution >= 4 is 42.9 Å². The minimum absolute atomic E-state index is 0.0134. The Hall–Kier alpha value is -4.66. The lowest BCUT2D eigenvalue weighted by atomic mass is 10.2. The first kappa shape index (κ1) is 50.4. The molecular weight excluding hydrogens is 864 g/mol. The predicted octanol–water partition coefficient (Wildman–Crippen LogP) is 6.80. The van der Waals surface area contributed by atoms with Gasteiger partial charge in [-0.2, -0.15) is 64.8 Å². The van der Waals surface area contributed by atoms with Gasteiger partial charge in [-0.3, -0.25) is 9.59 Å². The third kappa shape index (κ3) is 16.4. The van der Waals surface area contributed by atoms with E-state index in [0.29, 0.717) is 38.3 Å². The molecule has 0 atom stereocenters. The number of halogens is 9. The van der Waals surface area contributed by atoms with E-state index >= 15 is 0 Å². The summed E-state index contributed by atoms with van der Waals surface area (Å²) in [6.45, 7) is 3.33. The molecule has 0 aliphatic heterocycles. The van der Waals surface area contributed by atoms with E-state index in [1.165, 1.54) is 12.1 Å². The average molecular weight is 895 g/mol. The molecule has 26 heteroatoms. The van der Waals surface area contributed by atoms with Crippen LogP contribution in [0.25, 0.3) is 0 Å². The molecular formula is C31H31F9O14S3. The summed E-state index contributed by atoms with van der Waals surface area (Å²) in [7, 11) is -19.6. The Bertz CT molecular complexity index is 2030. The highest BCUT2D eigenvalue weighted by molar-refractivity contribution is 8.00. The fourth-order valence-electron chi connectivity index (χ4n) is 3.37. The number of alkyl halides is 9. The molecule has 0 aromatic heterocycles. The molecule has 0 bridgehead atoms. The minimum Gasteiger partial charge on any atom is -0.504 e. The summed E-state index contributed by atoms with van der Waals surface area (Å²) < 4.78 is 190. The molecule has 0 saturated carbocycles. The summed E-state index contributed by atoms with van der Waals surface area (Å²) >= 11 is 0. The largest absolute Gasteiger partial charge is 0.534 e. The third-order valence-electron chi connectivity index (χ3n) is 6.07. The van der Waals surface area contributed by atoms with Gasteiger partial charge in [0.15, 0.2) is 35.6 Å². The Morgan fingerprint density at radius 2 is 1.07 bits per heavy atom. The number of ether oxygens (including phenoxy) is 3. The van der Waals surface area contributed by atoms with Gasteiger partial charge < -0.3 is 23.5 Å². The lowest BCUT2D eigenvalue weighted by Gasteiger charge is -2.15. The topological polar surface area (TPSA) is 203 Å². The second-order valence-electron chi connectivity index (χ2n) is 10.4. The smallest absolute Gasteiger partial charge is 0.504 e. The van der Waals surface area contributed by atoms with E-state index in [2.05, 4.69) is 11.1 Å². The molecule has 3 rings (SSSR count). The number of aromatic hydroxyl groups is 1. The SMILES string of the molecule is CCCCOc1cccc(C=O)c1O.O=Cc1cccc(OCCCOCc2ccccc2)c1OS(=O)(=O)C(F)(F)F.O=S(=O)(OS(=O)(=O)C(F)(F)F)C(F)(F)F. The fourth-order valence-corrected chi connectivity index (χ4v) is 5.42. The minimum atomic E-state index is -6.85. The van der Waals surface area contributed by atoms with Crippen LogP contribution in [0.5, 0.6) is 23.0 Å². The highest BCUT2D eigenvalue weighted by Gasteiger charge is 2.57. The van der Waals surface area contributed by atoms with Gasteiger partial charge in [0.05, 0.1) is 37.6 Å². The zero-order valence-electron chi connectivity index (χ0n) is 28.8.